The number of rotatable bonds is 3. The van der Waals surface area contributed by atoms with Gasteiger partial charge < -0.3 is 10.9 Å². The Labute approximate surface area is 79.6 Å². The summed E-state index contributed by atoms with van der Waals surface area (Å²) in [5.74, 6) is 0. The van der Waals surface area contributed by atoms with Gasteiger partial charge in [0, 0.05) is 6.20 Å². The molecule has 2 heteroatoms. The van der Waals surface area contributed by atoms with Crippen LogP contribution in [0, 0.1) is 6.92 Å². The Hall–Kier alpha value is -1.44. The molecule has 0 bridgehead atoms. The Bertz CT molecular complexity index is 281. The second-order valence-electron chi connectivity index (χ2n) is 3.36. The largest absolute Gasteiger partial charge is 0.308 e. The first-order chi connectivity index (χ1) is 6.18. The molecule has 0 atom stereocenters. The third kappa shape index (κ3) is 3.65. The van der Waals surface area contributed by atoms with Crippen LogP contribution in [0.15, 0.2) is 36.0 Å². The van der Waals surface area contributed by atoms with Gasteiger partial charge in [0.25, 0.3) is 0 Å². The highest BCUT2D eigenvalue weighted by Crippen LogP contribution is 2.06. The van der Waals surface area contributed by atoms with Gasteiger partial charge in [0.05, 0.1) is 5.69 Å². The highest BCUT2D eigenvalue weighted by Gasteiger charge is 1.87. The lowest BCUT2D eigenvalue weighted by molar-refractivity contribution is 1.03. The fourth-order valence-electron chi connectivity index (χ4n) is 0.901. The molecular formula is C11H16N2. The number of anilines is 1. The van der Waals surface area contributed by atoms with Crippen LogP contribution in [0.4, 0.5) is 5.69 Å². The lowest BCUT2D eigenvalue weighted by atomic mass is 10.2. The van der Waals surface area contributed by atoms with E-state index in [0.717, 1.165) is 5.69 Å². The summed E-state index contributed by atoms with van der Waals surface area (Å²) in [5.41, 5.74) is 9.66. The van der Waals surface area contributed by atoms with Crippen molar-refractivity contribution >= 4 is 5.69 Å². The average Bonchev–Trinajstić information content (AvgIpc) is 2.08. The predicted octanol–water partition coefficient (Wildman–Crippen LogP) is 2.84. The van der Waals surface area contributed by atoms with Crippen LogP contribution >= 0.6 is 0 Å². The summed E-state index contributed by atoms with van der Waals surface area (Å²) in [4.78, 5) is 0. The summed E-state index contributed by atoms with van der Waals surface area (Å²) in [6.45, 7) is 6.17. The van der Waals surface area contributed by atoms with E-state index < -0.39 is 0 Å². The smallest absolute Gasteiger partial charge is 0.0539 e. The van der Waals surface area contributed by atoms with Gasteiger partial charge in [0.15, 0.2) is 0 Å². The summed E-state index contributed by atoms with van der Waals surface area (Å²) >= 11 is 0. The van der Waals surface area contributed by atoms with Crippen molar-refractivity contribution in [2.45, 2.75) is 20.8 Å². The molecule has 0 fully saturated rings. The summed E-state index contributed by atoms with van der Waals surface area (Å²) in [5, 5.41) is 0. The fraction of sp³-hybridized carbons (Fsp3) is 0.273. The minimum Gasteiger partial charge on any atom is -0.308 e. The Morgan fingerprint density at radius 3 is 2.31 bits per heavy atom. The molecule has 0 amide bonds. The molecule has 1 aromatic carbocycles. The molecule has 0 saturated carbocycles. The number of benzene rings is 1. The van der Waals surface area contributed by atoms with Crippen LogP contribution in [-0.2, 0) is 0 Å². The molecule has 2 N–H and O–H groups in total. The quantitative estimate of drug-likeness (QED) is 0.692. The van der Waals surface area contributed by atoms with Crippen LogP contribution in [0.3, 0.4) is 0 Å². The molecule has 0 radical (unpaired) electrons. The van der Waals surface area contributed by atoms with Crippen LogP contribution < -0.4 is 10.9 Å². The summed E-state index contributed by atoms with van der Waals surface area (Å²) in [7, 11) is 0. The van der Waals surface area contributed by atoms with Crippen LogP contribution in [0.5, 0.6) is 0 Å². The third-order valence-electron chi connectivity index (χ3n) is 1.63. The van der Waals surface area contributed by atoms with Crippen molar-refractivity contribution in [3.8, 4) is 0 Å². The lowest BCUT2D eigenvalue weighted by Crippen LogP contribution is -2.14. The first kappa shape index (κ1) is 9.65. The van der Waals surface area contributed by atoms with E-state index in [-0.39, 0.29) is 0 Å². The normalized spacial score (nSPS) is 9.15. The zero-order chi connectivity index (χ0) is 9.68. The number of nitrogens with one attached hydrogen (secondary N) is 2. The summed E-state index contributed by atoms with van der Waals surface area (Å²) in [6.07, 6.45) is 1.93. The molecule has 13 heavy (non-hydrogen) atoms. The maximum absolute atomic E-state index is 3.08. The minimum absolute atomic E-state index is 1.07. The number of aryl methyl sites for hydroxylation is 1. The second-order valence-corrected chi connectivity index (χ2v) is 3.36. The SMILES string of the molecule is CC(C)=CNNc1ccc(C)cc1. The van der Waals surface area contributed by atoms with E-state index in [1.54, 1.807) is 0 Å². The van der Waals surface area contributed by atoms with E-state index in [0.29, 0.717) is 0 Å². The van der Waals surface area contributed by atoms with E-state index >= 15 is 0 Å². The monoisotopic (exact) mass is 176 g/mol. The van der Waals surface area contributed by atoms with Crippen LogP contribution in [0.1, 0.15) is 19.4 Å². The number of allylic oxidation sites excluding steroid dienone is 1. The highest BCUT2D eigenvalue weighted by molar-refractivity contribution is 5.43. The molecule has 0 unspecified atom stereocenters. The highest BCUT2D eigenvalue weighted by atomic mass is 15.3. The van der Waals surface area contributed by atoms with Crippen molar-refractivity contribution in [1.82, 2.24) is 5.43 Å². The van der Waals surface area contributed by atoms with Crippen LogP contribution in [0.2, 0.25) is 0 Å². The minimum atomic E-state index is 1.07. The van der Waals surface area contributed by atoms with E-state index in [1.165, 1.54) is 11.1 Å². The molecule has 0 aromatic heterocycles. The maximum atomic E-state index is 3.08. The zero-order valence-corrected chi connectivity index (χ0v) is 8.39. The van der Waals surface area contributed by atoms with Crippen LogP contribution in [-0.4, -0.2) is 0 Å². The Balaban J connectivity index is 2.46. The first-order valence-electron chi connectivity index (χ1n) is 4.40. The molecule has 0 aliphatic heterocycles. The van der Waals surface area contributed by atoms with Gasteiger partial charge >= 0.3 is 0 Å². The topological polar surface area (TPSA) is 24.1 Å². The number of hydrogen-bond donors (Lipinski definition) is 2. The summed E-state index contributed by atoms with van der Waals surface area (Å²) in [6, 6.07) is 8.24. The molecular weight excluding hydrogens is 160 g/mol. The molecule has 0 aliphatic carbocycles. The third-order valence-corrected chi connectivity index (χ3v) is 1.63. The van der Waals surface area contributed by atoms with Crippen molar-refractivity contribution in [2.75, 3.05) is 5.43 Å². The second kappa shape index (κ2) is 4.55. The molecule has 70 valence electrons. The maximum Gasteiger partial charge on any atom is 0.0539 e. The molecule has 2 nitrogen and oxygen atoms in total. The molecule has 0 heterocycles. The number of hydrazine groups is 1. The van der Waals surface area contributed by atoms with Gasteiger partial charge in [-0.05, 0) is 32.9 Å². The zero-order valence-electron chi connectivity index (χ0n) is 8.39. The fourth-order valence-corrected chi connectivity index (χ4v) is 0.901. The van der Waals surface area contributed by atoms with Crippen molar-refractivity contribution in [1.29, 1.82) is 0 Å². The number of hydrogen-bond acceptors (Lipinski definition) is 2. The van der Waals surface area contributed by atoms with E-state index in [1.807, 2.05) is 32.2 Å². The average molecular weight is 176 g/mol. The van der Waals surface area contributed by atoms with Gasteiger partial charge in [-0.3, -0.25) is 0 Å². The van der Waals surface area contributed by atoms with Gasteiger partial charge in [-0.1, -0.05) is 23.3 Å². The molecule has 0 spiro atoms. The van der Waals surface area contributed by atoms with Crippen molar-refractivity contribution < 1.29 is 0 Å². The molecule has 0 aliphatic rings. The van der Waals surface area contributed by atoms with Gasteiger partial charge in [-0.15, -0.1) is 0 Å². The van der Waals surface area contributed by atoms with Gasteiger partial charge in [0.2, 0.25) is 0 Å². The Kier molecular flexibility index (Phi) is 3.38. The van der Waals surface area contributed by atoms with Crippen molar-refractivity contribution in [2.24, 2.45) is 0 Å². The van der Waals surface area contributed by atoms with E-state index in [2.05, 4.69) is 29.9 Å². The van der Waals surface area contributed by atoms with E-state index in [4.69, 9.17) is 0 Å². The van der Waals surface area contributed by atoms with Gasteiger partial charge in [-0.2, -0.15) is 0 Å². The van der Waals surface area contributed by atoms with Crippen molar-refractivity contribution in [3.63, 3.8) is 0 Å². The van der Waals surface area contributed by atoms with E-state index in [9.17, 15) is 0 Å². The van der Waals surface area contributed by atoms with Crippen LogP contribution in [0.25, 0.3) is 0 Å². The summed E-state index contributed by atoms with van der Waals surface area (Å²) < 4.78 is 0. The van der Waals surface area contributed by atoms with Gasteiger partial charge in [0.1, 0.15) is 0 Å². The Morgan fingerprint density at radius 1 is 1.15 bits per heavy atom. The molecule has 0 saturated heterocycles. The standard InChI is InChI=1S/C11H16N2/c1-9(2)8-12-13-11-6-4-10(3)5-7-11/h4-8,12-13H,1-3H3. The predicted molar refractivity (Wildman–Crippen MR) is 57.4 cm³/mol. The van der Waals surface area contributed by atoms with Crippen molar-refractivity contribution in [3.05, 3.63) is 41.6 Å². The molecule has 1 rings (SSSR count). The first-order valence-corrected chi connectivity index (χ1v) is 4.40. The lowest BCUT2D eigenvalue weighted by Gasteiger charge is -2.05. The van der Waals surface area contributed by atoms with Gasteiger partial charge in [-0.25, -0.2) is 0 Å². The molecule has 1 aromatic rings. The Morgan fingerprint density at radius 2 is 1.77 bits per heavy atom.